The molecule has 0 radical (unpaired) electrons. The molecule has 0 saturated carbocycles. The molecule has 1 aliphatic rings. The summed E-state index contributed by atoms with van der Waals surface area (Å²) >= 11 is 0. The van der Waals surface area contributed by atoms with Crippen LogP contribution >= 0.6 is 12.4 Å². The average Bonchev–Trinajstić information content (AvgIpc) is 2.25. The van der Waals surface area contributed by atoms with Crippen LogP contribution in [0, 0.1) is 0 Å². The minimum Gasteiger partial charge on any atom is -0.313 e. The van der Waals surface area contributed by atoms with Crippen molar-refractivity contribution >= 4 is 22.4 Å². The molecule has 0 aromatic carbocycles. The molecule has 0 saturated heterocycles. The first-order valence-electron chi connectivity index (χ1n) is 5.11. The molecule has 4 nitrogen and oxygen atoms in total. The van der Waals surface area contributed by atoms with Crippen molar-refractivity contribution in [2.45, 2.75) is 12.8 Å². The van der Waals surface area contributed by atoms with Gasteiger partial charge in [0.05, 0.1) is 5.75 Å². The molecule has 0 atom stereocenters. The van der Waals surface area contributed by atoms with Gasteiger partial charge in [-0.1, -0.05) is 17.7 Å². The highest BCUT2D eigenvalue weighted by Crippen LogP contribution is 2.03. The van der Waals surface area contributed by atoms with Gasteiger partial charge in [-0.15, -0.1) is 19.0 Å². The standard InChI is InChI=1S/C10H18N2O2S.ClH/c1-2-3-8-15(13,14)12-9-10-4-6-11-7-5-10;/h2,4,11-12H,1,3,5-9H2;1H. The summed E-state index contributed by atoms with van der Waals surface area (Å²) in [6.45, 7) is 5.72. The summed E-state index contributed by atoms with van der Waals surface area (Å²) < 4.78 is 25.5. The number of allylic oxidation sites excluding steroid dienone is 1. The fourth-order valence-corrected chi connectivity index (χ4v) is 2.37. The second-order valence-corrected chi connectivity index (χ2v) is 5.46. The fraction of sp³-hybridized carbons (Fsp3) is 0.600. The lowest BCUT2D eigenvalue weighted by Crippen LogP contribution is -2.31. The van der Waals surface area contributed by atoms with Crippen LogP contribution in [0.25, 0.3) is 0 Å². The molecular weight excluding hydrogens is 248 g/mol. The van der Waals surface area contributed by atoms with Crippen LogP contribution in [0.4, 0.5) is 0 Å². The SMILES string of the molecule is C=CCCS(=O)(=O)NCC1=CCNCC1.Cl. The van der Waals surface area contributed by atoms with Gasteiger partial charge in [0.25, 0.3) is 0 Å². The van der Waals surface area contributed by atoms with Gasteiger partial charge in [-0.25, -0.2) is 13.1 Å². The molecule has 1 aliphatic heterocycles. The summed E-state index contributed by atoms with van der Waals surface area (Å²) in [4.78, 5) is 0. The Balaban J connectivity index is 0.00000225. The number of rotatable bonds is 6. The maximum atomic E-state index is 11.4. The summed E-state index contributed by atoms with van der Waals surface area (Å²) in [7, 11) is -3.13. The second-order valence-electron chi connectivity index (χ2n) is 3.53. The molecule has 0 unspecified atom stereocenters. The lowest BCUT2D eigenvalue weighted by Gasteiger charge is -2.14. The lowest BCUT2D eigenvalue weighted by atomic mass is 10.1. The molecule has 1 rings (SSSR count). The molecule has 0 aromatic heterocycles. The van der Waals surface area contributed by atoms with E-state index in [-0.39, 0.29) is 18.2 Å². The Bertz CT molecular complexity index is 339. The number of sulfonamides is 1. The minimum atomic E-state index is -3.13. The third-order valence-electron chi connectivity index (χ3n) is 2.27. The van der Waals surface area contributed by atoms with Crippen molar-refractivity contribution in [1.82, 2.24) is 10.0 Å². The molecule has 0 aliphatic carbocycles. The van der Waals surface area contributed by atoms with Crippen LogP contribution < -0.4 is 10.0 Å². The van der Waals surface area contributed by atoms with Crippen LogP contribution in [-0.4, -0.2) is 33.8 Å². The third kappa shape index (κ3) is 6.27. The van der Waals surface area contributed by atoms with Crippen molar-refractivity contribution in [3.63, 3.8) is 0 Å². The number of hydrogen-bond acceptors (Lipinski definition) is 3. The normalized spacial score (nSPS) is 16.1. The maximum Gasteiger partial charge on any atom is 0.212 e. The highest BCUT2D eigenvalue weighted by Gasteiger charge is 2.10. The van der Waals surface area contributed by atoms with Crippen molar-refractivity contribution in [1.29, 1.82) is 0 Å². The molecule has 0 spiro atoms. The molecule has 0 fully saturated rings. The Morgan fingerprint density at radius 2 is 2.31 bits per heavy atom. The second kappa shape index (κ2) is 7.84. The molecule has 16 heavy (non-hydrogen) atoms. The van der Waals surface area contributed by atoms with Crippen LogP contribution in [0.5, 0.6) is 0 Å². The lowest BCUT2D eigenvalue weighted by molar-refractivity contribution is 0.582. The first-order valence-corrected chi connectivity index (χ1v) is 6.76. The highest BCUT2D eigenvalue weighted by atomic mass is 35.5. The topological polar surface area (TPSA) is 58.2 Å². The monoisotopic (exact) mass is 266 g/mol. The summed E-state index contributed by atoms with van der Waals surface area (Å²) in [5, 5.41) is 3.18. The van der Waals surface area contributed by atoms with E-state index >= 15 is 0 Å². The Labute approximate surface area is 104 Å². The number of nitrogens with one attached hydrogen (secondary N) is 2. The fourth-order valence-electron chi connectivity index (χ4n) is 1.34. The van der Waals surface area contributed by atoms with E-state index in [0.29, 0.717) is 13.0 Å². The molecule has 0 bridgehead atoms. The first kappa shape index (κ1) is 15.6. The van der Waals surface area contributed by atoms with Crippen LogP contribution in [0.2, 0.25) is 0 Å². The predicted octanol–water partition coefficient (Wildman–Crippen LogP) is 0.823. The summed E-state index contributed by atoms with van der Waals surface area (Å²) in [5.74, 6) is 0.127. The summed E-state index contributed by atoms with van der Waals surface area (Å²) in [6, 6.07) is 0. The Hall–Kier alpha value is -0.360. The molecule has 2 N–H and O–H groups in total. The van der Waals surface area contributed by atoms with E-state index in [1.165, 1.54) is 0 Å². The van der Waals surface area contributed by atoms with Gasteiger partial charge in [0.2, 0.25) is 10.0 Å². The van der Waals surface area contributed by atoms with E-state index in [1.807, 2.05) is 6.08 Å². The van der Waals surface area contributed by atoms with Crippen LogP contribution in [-0.2, 0) is 10.0 Å². The van der Waals surface area contributed by atoms with Gasteiger partial charge in [-0.3, -0.25) is 0 Å². The van der Waals surface area contributed by atoms with Gasteiger partial charge in [-0.2, -0.15) is 0 Å². The first-order chi connectivity index (χ1) is 7.14. The van der Waals surface area contributed by atoms with Gasteiger partial charge in [0.1, 0.15) is 0 Å². The van der Waals surface area contributed by atoms with Crippen molar-refractivity contribution in [2.75, 3.05) is 25.4 Å². The van der Waals surface area contributed by atoms with Gasteiger partial charge in [0, 0.05) is 13.1 Å². The molecule has 6 heteroatoms. The largest absolute Gasteiger partial charge is 0.313 e. The van der Waals surface area contributed by atoms with Crippen molar-refractivity contribution in [3.8, 4) is 0 Å². The average molecular weight is 267 g/mol. The van der Waals surface area contributed by atoms with E-state index in [0.717, 1.165) is 25.1 Å². The molecular formula is C10H19ClN2O2S. The van der Waals surface area contributed by atoms with Crippen LogP contribution in [0.15, 0.2) is 24.3 Å². The number of hydrogen-bond donors (Lipinski definition) is 2. The van der Waals surface area contributed by atoms with Gasteiger partial charge in [0.15, 0.2) is 0 Å². The summed E-state index contributed by atoms with van der Waals surface area (Å²) in [6.07, 6.45) is 5.07. The van der Waals surface area contributed by atoms with E-state index < -0.39 is 10.0 Å². The summed E-state index contributed by atoms with van der Waals surface area (Å²) in [5.41, 5.74) is 1.16. The Kier molecular flexibility index (Phi) is 7.66. The van der Waals surface area contributed by atoms with Crippen LogP contribution in [0.1, 0.15) is 12.8 Å². The van der Waals surface area contributed by atoms with Crippen molar-refractivity contribution in [2.24, 2.45) is 0 Å². The molecule has 0 amide bonds. The van der Waals surface area contributed by atoms with Gasteiger partial charge in [-0.05, 0) is 19.4 Å². The quantitative estimate of drug-likeness (QED) is 0.700. The third-order valence-corrected chi connectivity index (χ3v) is 3.63. The van der Waals surface area contributed by atoms with Gasteiger partial charge < -0.3 is 5.32 Å². The van der Waals surface area contributed by atoms with E-state index in [1.54, 1.807) is 6.08 Å². The maximum absolute atomic E-state index is 11.4. The molecule has 1 heterocycles. The van der Waals surface area contributed by atoms with Gasteiger partial charge >= 0.3 is 0 Å². The minimum absolute atomic E-state index is 0. The molecule has 0 aromatic rings. The predicted molar refractivity (Wildman–Crippen MR) is 69.4 cm³/mol. The zero-order valence-electron chi connectivity index (χ0n) is 9.24. The Morgan fingerprint density at radius 1 is 1.56 bits per heavy atom. The zero-order chi connectivity index (χ0) is 11.1. The van der Waals surface area contributed by atoms with E-state index in [9.17, 15) is 8.42 Å². The highest BCUT2D eigenvalue weighted by molar-refractivity contribution is 7.89. The van der Waals surface area contributed by atoms with Crippen molar-refractivity contribution in [3.05, 3.63) is 24.3 Å². The zero-order valence-corrected chi connectivity index (χ0v) is 10.9. The Morgan fingerprint density at radius 3 is 2.88 bits per heavy atom. The van der Waals surface area contributed by atoms with E-state index in [4.69, 9.17) is 0 Å². The molecule has 94 valence electrons. The smallest absolute Gasteiger partial charge is 0.212 e. The van der Waals surface area contributed by atoms with Crippen molar-refractivity contribution < 1.29 is 8.42 Å². The van der Waals surface area contributed by atoms with Crippen LogP contribution in [0.3, 0.4) is 0 Å². The van der Waals surface area contributed by atoms with E-state index in [2.05, 4.69) is 16.6 Å². The number of halogens is 1.